The standard InChI is InChI=1S/C13H18N2O4/c16-15(17)12-3-1-4-13(11-12)19-8-2-5-14-6-9-18-10-7-14/h1,3-4,11H,2,5-10H2. The van der Waals surface area contributed by atoms with E-state index < -0.39 is 4.92 Å². The van der Waals surface area contributed by atoms with Gasteiger partial charge in [0, 0.05) is 25.7 Å². The van der Waals surface area contributed by atoms with E-state index in [1.165, 1.54) is 12.1 Å². The zero-order valence-electron chi connectivity index (χ0n) is 10.8. The van der Waals surface area contributed by atoms with Crippen LogP contribution in [0, 0.1) is 10.1 Å². The van der Waals surface area contributed by atoms with Gasteiger partial charge in [-0.15, -0.1) is 0 Å². The van der Waals surface area contributed by atoms with Crippen LogP contribution < -0.4 is 4.74 Å². The molecule has 1 aromatic carbocycles. The molecule has 0 N–H and O–H groups in total. The van der Waals surface area contributed by atoms with Crippen LogP contribution in [-0.2, 0) is 4.74 Å². The average Bonchev–Trinajstić information content (AvgIpc) is 2.45. The second kappa shape index (κ2) is 7.06. The highest BCUT2D eigenvalue weighted by atomic mass is 16.6. The number of nitro benzene ring substituents is 1. The average molecular weight is 266 g/mol. The molecule has 6 nitrogen and oxygen atoms in total. The summed E-state index contributed by atoms with van der Waals surface area (Å²) in [6, 6.07) is 6.28. The number of hydrogen-bond donors (Lipinski definition) is 0. The largest absolute Gasteiger partial charge is 0.493 e. The van der Waals surface area contributed by atoms with E-state index in [1.54, 1.807) is 12.1 Å². The molecule has 1 saturated heterocycles. The lowest BCUT2D eigenvalue weighted by Crippen LogP contribution is -2.37. The lowest BCUT2D eigenvalue weighted by Gasteiger charge is -2.26. The van der Waals surface area contributed by atoms with Gasteiger partial charge in [-0.25, -0.2) is 0 Å². The monoisotopic (exact) mass is 266 g/mol. The Labute approximate surface area is 112 Å². The van der Waals surface area contributed by atoms with Gasteiger partial charge in [-0.2, -0.15) is 0 Å². The van der Waals surface area contributed by atoms with Gasteiger partial charge >= 0.3 is 0 Å². The molecule has 0 radical (unpaired) electrons. The predicted octanol–water partition coefficient (Wildman–Crippen LogP) is 1.70. The van der Waals surface area contributed by atoms with Gasteiger partial charge in [-0.3, -0.25) is 15.0 Å². The Morgan fingerprint density at radius 2 is 2.16 bits per heavy atom. The molecule has 2 rings (SSSR count). The van der Waals surface area contributed by atoms with E-state index in [0.29, 0.717) is 12.4 Å². The molecule has 0 atom stereocenters. The second-order valence-electron chi connectivity index (χ2n) is 4.41. The number of benzene rings is 1. The molecule has 0 bridgehead atoms. The van der Waals surface area contributed by atoms with Crippen LogP contribution in [0.1, 0.15) is 6.42 Å². The van der Waals surface area contributed by atoms with Gasteiger partial charge in [0.15, 0.2) is 0 Å². The van der Waals surface area contributed by atoms with E-state index in [1.807, 2.05) is 0 Å². The molecule has 104 valence electrons. The Balaban J connectivity index is 1.70. The topological polar surface area (TPSA) is 64.8 Å². The minimum Gasteiger partial charge on any atom is -0.493 e. The maximum absolute atomic E-state index is 10.6. The predicted molar refractivity (Wildman–Crippen MR) is 70.5 cm³/mol. The summed E-state index contributed by atoms with van der Waals surface area (Å²) in [4.78, 5) is 12.5. The maximum Gasteiger partial charge on any atom is 0.273 e. The van der Waals surface area contributed by atoms with Crippen LogP contribution in [0.4, 0.5) is 5.69 Å². The molecule has 1 aliphatic rings. The van der Waals surface area contributed by atoms with Gasteiger partial charge in [-0.1, -0.05) is 6.07 Å². The van der Waals surface area contributed by atoms with Gasteiger partial charge in [-0.05, 0) is 12.5 Å². The number of non-ortho nitro benzene ring substituents is 1. The molecule has 0 spiro atoms. The second-order valence-corrected chi connectivity index (χ2v) is 4.41. The van der Waals surface area contributed by atoms with E-state index >= 15 is 0 Å². The quantitative estimate of drug-likeness (QED) is 0.445. The van der Waals surface area contributed by atoms with Crippen LogP contribution in [0.25, 0.3) is 0 Å². The lowest BCUT2D eigenvalue weighted by atomic mass is 10.3. The van der Waals surface area contributed by atoms with Crippen molar-refractivity contribution >= 4 is 5.69 Å². The molecule has 0 unspecified atom stereocenters. The number of ether oxygens (including phenoxy) is 2. The highest BCUT2D eigenvalue weighted by molar-refractivity contribution is 5.37. The SMILES string of the molecule is O=[N+]([O-])c1cccc(OCCCN2CCOCC2)c1. The Hall–Kier alpha value is -1.66. The fourth-order valence-electron chi connectivity index (χ4n) is 1.99. The first-order valence-electron chi connectivity index (χ1n) is 6.43. The minimum atomic E-state index is -0.416. The number of nitro groups is 1. The highest BCUT2D eigenvalue weighted by Crippen LogP contribution is 2.19. The van der Waals surface area contributed by atoms with Crippen LogP contribution in [0.2, 0.25) is 0 Å². The van der Waals surface area contributed by atoms with E-state index in [0.717, 1.165) is 39.3 Å². The van der Waals surface area contributed by atoms with Gasteiger partial charge in [0.1, 0.15) is 5.75 Å². The summed E-state index contributed by atoms with van der Waals surface area (Å²) in [6.45, 7) is 5.07. The molecule has 1 aromatic rings. The molecular formula is C13H18N2O4. The molecule has 0 saturated carbocycles. The fraction of sp³-hybridized carbons (Fsp3) is 0.538. The van der Waals surface area contributed by atoms with Crippen molar-refractivity contribution in [3.63, 3.8) is 0 Å². The molecule has 1 heterocycles. The number of morpholine rings is 1. The third-order valence-corrected chi connectivity index (χ3v) is 3.02. The summed E-state index contributed by atoms with van der Waals surface area (Å²) in [7, 11) is 0. The zero-order chi connectivity index (χ0) is 13.5. The van der Waals surface area contributed by atoms with E-state index in [9.17, 15) is 10.1 Å². The van der Waals surface area contributed by atoms with Crippen molar-refractivity contribution in [2.45, 2.75) is 6.42 Å². The van der Waals surface area contributed by atoms with Crippen LogP contribution in [0.15, 0.2) is 24.3 Å². The van der Waals surface area contributed by atoms with Crippen molar-refractivity contribution in [2.24, 2.45) is 0 Å². The van der Waals surface area contributed by atoms with Crippen molar-refractivity contribution in [3.05, 3.63) is 34.4 Å². The summed E-state index contributed by atoms with van der Waals surface area (Å²) in [5.74, 6) is 0.552. The van der Waals surface area contributed by atoms with Gasteiger partial charge in [0.05, 0.1) is 30.8 Å². The van der Waals surface area contributed by atoms with Crippen LogP contribution in [0.5, 0.6) is 5.75 Å². The summed E-state index contributed by atoms with van der Waals surface area (Å²) >= 11 is 0. The van der Waals surface area contributed by atoms with Gasteiger partial charge in [0.2, 0.25) is 0 Å². The molecule has 6 heteroatoms. The van der Waals surface area contributed by atoms with Crippen molar-refractivity contribution in [1.29, 1.82) is 0 Å². The Bertz CT molecular complexity index is 419. The summed E-state index contributed by atoms with van der Waals surface area (Å²) in [5.41, 5.74) is 0.0608. The van der Waals surface area contributed by atoms with Gasteiger partial charge in [0.25, 0.3) is 5.69 Å². The zero-order valence-corrected chi connectivity index (χ0v) is 10.8. The highest BCUT2D eigenvalue weighted by Gasteiger charge is 2.10. The summed E-state index contributed by atoms with van der Waals surface area (Å²) in [5, 5.41) is 10.6. The van der Waals surface area contributed by atoms with Crippen molar-refractivity contribution in [1.82, 2.24) is 4.90 Å². The van der Waals surface area contributed by atoms with Crippen molar-refractivity contribution < 1.29 is 14.4 Å². The van der Waals surface area contributed by atoms with Crippen LogP contribution in [-0.4, -0.2) is 49.3 Å². The number of hydrogen-bond acceptors (Lipinski definition) is 5. The van der Waals surface area contributed by atoms with E-state index in [-0.39, 0.29) is 5.69 Å². The molecule has 1 fully saturated rings. The molecule has 0 aromatic heterocycles. The van der Waals surface area contributed by atoms with E-state index in [4.69, 9.17) is 9.47 Å². The van der Waals surface area contributed by atoms with Gasteiger partial charge < -0.3 is 9.47 Å². The summed E-state index contributed by atoms with van der Waals surface area (Å²) < 4.78 is 10.8. The third-order valence-electron chi connectivity index (χ3n) is 3.02. The normalized spacial score (nSPS) is 16.2. The minimum absolute atomic E-state index is 0.0608. The van der Waals surface area contributed by atoms with Crippen LogP contribution in [0.3, 0.4) is 0 Å². The first-order chi connectivity index (χ1) is 9.25. The number of nitrogens with zero attached hydrogens (tertiary/aromatic N) is 2. The Morgan fingerprint density at radius 1 is 1.37 bits per heavy atom. The molecule has 0 amide bonds. The molecule has 1 aliphatic heterocycles. The lowest BCUT2D eigenvalue weighted by molar-refractivity contribution is -0.384. The van der Waals surface area contributed by atoms with Crippen molar-refractivity contribution in [3.8, 4) is 5.75 Å². The van der Waals surface area contributed by atoms with Crippen molar-refractivity contribution in [2.75, 3.05) is 39.5 Å². The van der Waals surface area contributed by atoms with E-state index in [2.05, 4.69) is 4.90 Å². The first-order valence-corrected chi connectivity index (χ1v) is 6.43. The fourth-order valence-corrected chi connectivity index (χ4v) is 1.99. The first kappa shape index (κ1) is 13.8. The Kier molecular flexibility index (Phi) is 5.11. The molecule has 19 heavy (non-hydrogen) atoms. The smallest absolute Gasteiger partial charge is 0.273 e. The number of rotatable bonds is 6. The molecule has 0 aliphatic carbocycles. The third kappa shape index (κ3) is 4.50. The maximum atomic E-state index is 10.6. The molecular weight excluding hydrogens is 248 g/mol. The summed E-state index contributed by atoms with van der Waals surface area (Å²) in [6.07, 6.45) is 0.905. The Morgan fingerprint density at radius 3 is 2.89 bits per heavy atom. The van der Waals surface area contributed by atoms with Crippen LogP contribution >= 0.6 is 0 Å².